The number of ether oxygens (including phenoxy) is 4. The first kappa shape index (κ1) is 28.5. The van der Waals surface area contributed by atoms with Gasteiger partial charge in [0.1, 0.15) is 0 Å². The summed E-state index contributed by atoms with van der Waals surface area (Å²) in [6.45, 7) is 2.12. The Kier molecular flexibility index (Phi) is 9.46. The number of hydrogen-bond donors (Lipinski definition) is 1. The van der Waals surface area contributed by atoms with Crippen molar-refractivity contribution in [2.75, 3.05) is 55.2 Å². The number of methoxy groups -OCH3 is 3. The van der Waals surface area contributed by atoms with E-state index >= 15 is 0 Å². The minimum absolute atomic E-state index is 0.326. The third-order valence-electron chi connectivity index (χ3n) is 7.46. The maximum Gasteiger partial charge on any atom is 0.217 e. The van der Waals surface area contributed by atoms with E-state index in [4.69, 9.17) is 23.9 Å². The first-order valence-corrected chi connectivity index (χ1v) is 13.8. The second-order valence-electron chi connectivity index (χ2n) is 10.2. The topological polar surface area (TPSA) is 86.2 Å². The Morgan fingerprint density at radius 2 is 1.71 bits per heavy atom. The van der Waals surface area contributed by atoms with Crippen molar-refractivity contribution in [2.45, 2.75) is 37.2 Å². The van der Waals surface area contributed by atoms with Gasteiger partial charge in [-0.1, -0.05) is 15.9 Å². The van der Waals surface area contributed by atoms with Gasteiger partial charge in [0, 0.05) is 53.2 Å². The lowest BCUT2D eigenvalue weighted by atomic mass is 9.70. The molecule has 1 N–H and O–H groups in total. The van der Waals surface area contributed by atoms with E-state index in [0.29, 0.717) is 42.1 Å². The van der Waals surface area contributed by atoms with Gasteiger partial charge in [-0.05, 0) is 75.5 Å². The first-order chi connectivity index (χ1) is 18.3. The fourth-order valence-electron chi connectivity index (χ4n) is 5.31. The SMILES string of the molecule is COc1cc(C(O)(CCN(C)C)C(CC2CCOCC2)c2cc3cc(Br)ccc3nc2OC)cc(OC)n1. The summed E-state index contributed by atoms with van der Waals surface area (Å²) in [5.41, 5.74) is 1.11. The summed E-state index contributed by atoms with van der Waals surface area (Å²) in [5.74, 6) is 1.36. The van der Waals surface area contributed by atoms with Gasteiger partial charge in [-0.3, -0.25) is 0 Å². The molecule has 4 rings (SSSR count). The molecular weight excluding hydrogens is 550 g/mol. The second kappa shape index (κ2) is 12.6. The van der Waals surface area contributed by atoms with Crippen LogP contribution in [0, 0.1) is 5.92 Å². The van der Waals surface area contributed by atoms with Crippen molar-refractivity contribution < 1.29 is 24.1 Å². The lowest BCUT2D eigenvalue weighted by Gasteiger charge is -2.40. The minimum atomic E-state index is -1.29. The van der Waals surface area contributed by atoms with E-state index in [1.807, 2.05) is 44.4 Å². The molecule has 3 aromatic rings. The van der Waals surface area contributed by atoms with Crippen molar-refractivity contribution in [3.8, 4) is 17.6 Å². The van der Waals surface area contributed by atoms with E-state index in [0.717, 1.165) is 53.4 Å². The summed E-state index contributed by atoms with van der Waals surface area (Å²) in [4.78, 5) is 11.3. The van der Waals surface area contributed by atoms with Crippen LogP contribution in [0.1, 0.15) is 42.7 Å². The normalized spacial score (nSPS) is 16.8. The molecule has 1 aliphatic heterocycles. The predicted octanol–water partition coefficient (Wildman–Crippen LogP) is 5.16. The minimum Gasteiger partial charge on any atom is -0.481 e. The van der Waals surface area contributed by atoms with Gasteiger partial charge in [-0.2, -0.15) is 4.98 Å². The number of aliphatic hydroxyl groups is 1. The Morgan fingerprint density at radius 3 is 2.32 bits per heavy atom. The van der Waals surface area contributed by atoms with Crippen molar-refractivity contribution in [3.05, 3.63) is 52.0 Å². The maximum atomic E-state index is 12.9. The smallest absolute Gasteiger partial charge is 0.217 e. The lowest BCUT2D eigenvalue weighted by molar-refractivity contribution is -0.0235. The van der Waals surface area contributed by atoms with Crippen LogP contribution in [0.25, 0.3) is 10.9 Å². The fraction of sp³-hybridized carbons (Fsp3) is 0.517. The van der Waals surface area contributed by atoms with Gasteiger partial charge in [0.2, 0.25) is 17.6 Å². The van der Waals surface area contributed by atoms with Crippen LogP contribution in [0.2, 0.25) is 0 Å². The molecule has 38 heavy (non-hydrogen) atoms. The zero-order valence-electron chi connectivity index (χ0n) is 22.9. The standard InChI is InChI=1S/C29H38BrN3O5/c1-33(2)11-10-29(34,21-17-26(35-3)32-27(18-21)36-4)24(14-19-8-12-38-13-9-19)23-16-20-15-22(30)6-7-25(20)31-28(23)37-5/h6-7,15-19,24,34H,8-14H2,1-5H3. The van der Waals surface area contributed by atoms with Gasteiger partial charge in [-0.15, -0.1) is 0 Å². The van der Waals surface area contributed by atoms with Crippen LogP contribution in [0.4, 0.5) is 0 Å². The molecule has 2 aromatic heterocycles. The molecule has 0 bridgehead atoms. The third-order valence-corrected chi connectivity index (χ3v) is 7.95. The number of pyridine rings is 2. The molecule has 1 aromatic carbocycles. The Bertz CT molecular complexity index is 1210. The number of halogens is 1. The molecule has 8 nitrogen and oxygen atoms in total. The van der Waals surface area contributed by atoms with Crippen LogP contribution >= 0.6 is 15.9 Å². The number of aromatic nitrogens is 2. The summed E-state index contributed by atoms with van der Waals surface area (Å²) in [7, 11) is 8.80. The van der Waals surface area contributed by atoms with E-state index < -0.39 is 5.60 Å². The molecule has 1 saturated heterocycles. The van der Waals surface area contributed by atoms with Crippen LogP contribution in [0.3, 0.4) is 0 Å². The summed E-state index contributed by atoms with van der Waals surface area (Å²) in [5, 5.41) is 13.9. The van der Waals surface area contributed by atoms with Crippen molar-refractivity contribution in [2.24, 2.45) is 5.92 Å². The van der Waals surface area contributed by atoms with Gasteiger partial charge in [-0.25, -0.2) is 4.98 Å². The lowest BCUT2D eigenvalue weighted by Crippen LogP contribution is -2.38. The number of nitrogens with zero attached hydrogens (tertiary/aromatic N) is 3. The second-order valence-corrected chi connectivity index (χ2v) is 11.1. The van der Waals surface area contributed by atoms with Crippen LogP contribution in [-0.4, -0.2) is 75.2 Å². The van der Waals surface area contributed by atoms with E-state index in [-0.39, 0.29) is 5.92 Å². The molecule has 0 aliphatic carbocycles. The zero-order chi connectivity index (χ0) is 27.3. The van der Waals surface area contributed by atoms with Crippen molar-refractivity contribution in [3.63, 3.8) is 0 Å². The molecule has 0 amide bonds. The molecular formula is C29H38BrN3O5. The van der Waals surface area contributed by atoms with Crippen molar-refractivity contribution in [1.29, 1.82) is 0 Å². The molecule has 0 saturated carbocycles. The van der Waals surface area contributed by atoms with E-state index in [9.17, 15) is 5.11 Å². The van der Waals surface area contributed by atoms with Crippen LogP contribution in [-0.2, 0) is 10.3 Å². The van der Waals surface area contributed by atoms with Crippen molar-refractivity contribution in [1.82, 2.24) is 14.9 Å². The van der Waals surface area contributed by atoms with E-state index in [1.54, 1.807) is 21.3 Å². The number of hydrogen-bond acceptors (Lipinski definition) is 8. The molecule has 0 spiro atoms. The predicted molar refractivity (Wildman–Crippen MR) is 151 cm³/mol. The Balaban J connectivity index is 1.94. The highest BCUT2D eigenvalue weighted by atomic mass is 79.9. The molecule has 2 atom stereocenters. The molecule has 2 unspecified atom stereocenters. The Hall–Kier alpha value is -2.46. The fourth-order valence-corrected chi connectivity index (χ4v) is 5.69. The molecule has 9 heteroatoms. The van der Waals surface area contributed by atoms with Gasteiger partial charge in [0.15, 0.2) is 0 Å². The highest BCUT2D eigenvalue weighted by Gasteiger charge is 2.43. The monoisotopic (exact) mass is 587 g/mol. The third kappa shape index (κ3) is 6.39. The van der Waals surface area contributed by atoms with E-state index in [1.165, 1.54) is 0 Å². The average Bonchev–Trinajstić information content (AvgIpc) is 2.94. The van der Waals surface area contributed by atoms with Gasteiger partial charge < -0.3 is 29.0 Å². The highest BCUT2D eigenvalue weighted by molar-refractivity contribution is 9.10. The largest absolute Gasteiger partial charge is 0.481 e. The summed E-state index contributed by atoms with van der Waals surface area (Å²) >= 11 is 3.60. The number of rotatable bonds is 11. The Labute approximate surface area is 233 Å². The van der Waals surface area contributed by atoms with Crippen molar-refractivity contribution >= 4 is 26.8 Å². The first-order valence-electron chi connectivity index (χ1n) is 13.0. The summed E-state index contributed by atoms with van der Waals surface area (Å²) in [6, 6.07) is 11.7. The molecule has 0 radical (unpaired) electrons. The highest BCUT2D eigenvalue weighted by Crippen LogP contribution is 2.48. The molecule has 3 heterocycles. The average molecular weight is 589 g/mol. The van der Waals surface area contributed by atoms with Crippen LogP contribution < -0.4 is 14.2 Å². The number of fused-ring (bicyclic) bond motifs is 1. The summed E-state index contributed by atoms with van der Waals surface area (Å²) in [6.07, 6.45) is 3.11. The zero-order valence-corrected chi connectivity index (χ0v) is 24.5. The maximum absolute atomic E-state index is 12.9. The molecule has 206 valence electrons. The molecule has 1 aliphatic rings. The van der Waals surface area contributed by atoms with Gasteiger partial charge >= 0.3 is 0 Å². The van der Waals surface area contributed by atoms with Crippen LogP contribution in [0.5, 0.6) is 17.6 Å². The number of benzene rings is 1. The van der Waals surface area contributed by atoms with Gasteiger partial charge in [0.05, 0.1) is 32.4 Å². The van der Waals surface area contributed by atoms with Crippen LogP contribution in [0.15, 0.2) is 40.9 Å². The summed E-state index contributed by atoms with van der Waals surface area (Å²) < 4.78 is 23.5. The Morgan fingerprint density at radius 1 is 1.03 bits per heavy atom. The van der Waals surface area contributed by atoms with E-state index in [2.05, 4.69) is 31.9 Å². The molecule has 1 fully saturated rings. The quantitative estimate of drug-likeness (QED) is 0.329. The van der Waals surface area contributed by atoms with Gasteiger partial charge in [0.25, 0.3) is 0 Å².